The molecule has 0 spiro atoms. The molecule has 0 atom stereocenters. The first-order valence-electron chi connectivity index (χ1n) is 10.0. The second-order valence-electron chi connectivity index (χ2n) is 7.52. The van der Waals surface area contributed by atoms with E-state index in [1.165, 1.54) is 12.0 Å². The summed E-state index contributed by atoms with van der Waals surface area (Å²) in [6.45, 7) is 4.80. The van der Waals surface area contributed by atoms with Gasteiger partial charge in [0.2, 0.25) is 11.8 Å². The van der Waals surface area contributed by atoms with Gasteiger partial charge in [0.05, 0.1) is 0 Å². The first-order chi connectivity index (χ1) is 12.7. The summed E-state index contributed by atoms with van der Waals surface area (Å²) in [5.74, 6) is 0.471. The zero-order chi connectivity index (χ0) is 18.2. The minimum absolute atomic E-state index is 0.144. The van der Waals surface area contributed by atoms with Crippen LogP contribution in [0.1, 0.15) is 44.1 Å². The van der Waals surface area contributed by atoms with Crippen molar-refractivity contribution in [2.45, 2.75) is 45.1 Å². The summed E-state index contributed by atoms with van der Waals surface area (Å²) in [7, 11) is 0. The number of nitrogens with zero attached hydrogens (tertiary/aromatic N) is 2. The highest BCUT2D eigenvalue weighted by atomic mass is 16.2. The van der Waals surface area contributed by atoms with Crippen LogP contribution in [0.4, 0.5) is 0 Å². The van der Waals surface area contributed by atoms with Gasteiger partial charge in [0.1, 0.15) is 0 Å². The van der Waals surface area contributed by atoms with Crippen LogP contribution in [-0.4, -0.2) is 54.3 Å². The maximum Gasteiger partial charge on any atom is 0.224 e. The maximum absolute atomic E-state index is 12.4. The second-order valence-corrected chi connectivity index (χ2v) is 7.52. The van der Waals surface area contributed by atoms with Gasteiger partial charge < -0.3 is 10.2 Å². The molecule has 142 valence electrons. The number of hydrogen-bond donors (Lipinski definition) is 1. The van der Waals surface area contributed by atoms with E-state index in [1.807, 2.05) is 11.0 Å². The van der Waals surface area contributed by atoms with Crippen LogP contribution >= 0.6 is 0 Å². The average Bonchev–Trinajstić information content (AvgIpc) is 2.70. The molecule has 3 rings (SSSR count). The van der Waals surface area contributed by atoms with Crippen molar-refractivity contribution in [3.8, 4) is 0 Å². The molecule has 5 heteroatoms. The van der Waals surface area contributed by atoms with Crippen molar-refractivity contribution < 1.29 is 9.59 Å². The fraction of sp³-hybridized carbons (Fsp3) is 0.619. The van der Waals surface area contributed by atoms with E-state index in [0.29, 0.717) is 13.0 Å². The molecule has 1 aliphatic heterocycles. The topological polar surface area (TPSA) is 52.7 Å². The molecule has 1 heterocycles. The highest BCUT2D eigenvalue weighted by Crippen LogP contribution is 2.23. The third kappa shape index (κ3) is 5.56. The van der Waals surface area contributed by atoms with Crippen molar-refractivity contribution >= 4 is 11.8 Å². The van der Waals surface area contributed by atoms with Crippen LogP contribution < -0.4 is 5.32 Å². The van der Waals surface area contributed by atoms with Crippen molar-refractivity contribution in [1.82, 2.24) is 15.1 Å². The van der Waals surface area contributed by atoms with E-state index < -0.39 is 0 Å². The van der Waals surface area contributed by atoms with Gasteiger partial charge in [0.15, 0.2) is 0 Å². The van der Waals surface area contributed by atoms with Crippen LogP contribution in [0.15, 0.2) is 30.3 Å². The molecule has 0 bridgehead atoms. The summed E-state index contributed by atoms with van der Waals surface area (Å²) < 4.78 is 0. The van der Waals surface area contributed by atoms with Crippen LogP contribution in [0.25, 0.3) is 0 Å². The summed E-state index contributed by atoms with van der Waals surface area (Å²) in [6, 6.07) is 10.5. The van der Waals surface area contributed by atoms with Crippen molar-refractivity contribution in [1.29, 1.82) is 0 Å². The van der Waals surface area contributed by atoms with Gasteiger partial charge >= 0.3 is 0 Å². The summed E-state index contributed by atoms with van der Waals surface area (Å²) in [6.07, 6.45) is 5.98. The van der Waals surface area contributed by atoms with Crippen LogP contribution in [0.2, 0.25) is 0 Å². The van der Waals surface area contributed by atoms with E-state index in [1.54, 1.807) is 0 Å². The highest BCUT2D eigenvalue weighted by Gasteiger charge is 2.23. The number of benzene rings is 1. The molecule has 1 N–H and O–H groups in total. The van der Waals surface area contributed by atoms with Gasteiger partial charge in [0.25, 0.3) is 0 Å². The number of rotatable bonds is 6. The first-order valence-corrected chi connectivity index (χ1v) is 10.0. The molecule has 2 aliphatic rings. The molecule has 5 nitrogen and oxygen atoms in total. The lowest BCUT2D eigenvalue weighted by Crippen LogP contribution is -2.48. The molecule has 2 amide bonds. The zero-order valence-electron chi connectivity index (χ0n) is 15.7. The van der Waals surface area contributed by atoms with Crippen LogP contribution in [0.3, 0.4) is 0 Å². The smallest absolute Gasteiger partial charge is 0.224 e. The SMILES string of the molecule is O=C(NCCC(=O)N1CCN(Cc2ccccc2)CC1)C1CCCCC1. The highest BCUT2D eigenvalue weighted by molar-refractivity contribution is 5.80. The Morgan fingerprint density at radius 2 is 1.65 bits per heavy atom. The van der Waals surface area contributed by atoms with Gasteiger partial charge in [-0.3, -0.25) is 14.5 Å². The third-order valence-corrected chi connectivity index (χ3v) is 5.59. The molecule has 26 heavy (non-hydrogen) atoms. The van der Waals surface area contributed by atoms with Gasteiger partial charge in [-0.25, -0.2) is 0 Å². The molecule has 0 unspecified atom stereocenters. The van der Waals surface area contributed by atoms with Crippen molar-refractivity contribution in [3.63, 3.8) is 0 Å². The van der Waals surface area contributed by atoms with Gasteiger partial charge in [-0.2, -0.15) is 0 Å². The maximum atomic E-state index is 12.4. The van der Waals surface area contributed by atoms with Gasteiger partial charge in [0, 0.05) is 51.6 Å². The molecule has 1 saturated carbocycles. The Morgan fingerprint density at radius 1 is 0.962 bits per heavy atom. The normalized spacial score (nSPS) is 19.3. The van der Waals surface area contributed by atoms with Gasteiger partial charge in [-0.1, -0.05) is 49.6 Å². The van der Waals surface area contributed by atoms with E-state index in [4.69, 9.17) is 0 Å². The number of carbonyl (C=O) groups is 2. The lowest BCUT2D eigenvalue weighted by Gasteiger charge is -2.35. The Hall–Kier alpha value is -1.88. The second kappa shape index (κ2) is 9.72. The van der Waals surface area contributed by atoms with Crippen molar-refractivity contribution in [2.24, 2.45) is 5.92 Å². The Kier molecular flexibility index (Phi) is 7.06. The van der Waals surface area contributed by atoms with E-state index in [2.05, 4.69) is 34.5 Å². The van der Waals surface area contributed by atoms with Crippen LogP contribution in [0.5, 0.6) is 0 Å². The summed E-state index contributed by atoms with van der Waals surface area (Å²) in [4.78, 5) is 28.8. The largest absolute Gasteiger partial charge is 0.355 e. The molecule has 1 aromatic carbocycles. The molecule has 1 saturated heterocycles. The fourth-order valence-corrected chi connectivity index (χ4v) is 3.96. The summed E-state index contributed by atoms with van der Waals surface area (Å²) in [5.41, 5.74) is 1.32. The van der Waals surface area contributed by atoms with Crippen LogP contribution in [0, 0.1) is 5.92 Å². The predicted molar refractivity (Wildman–Crippen MR) is 103 cm³/mol. The number of hydrogen-bond acceptors (Lipinski definition) is 3. The molecule has 1 aliphatic carbocycles. The van der Waals surface area contributed by atoms with Gasteiger partial charge in [-0.05, 0) is 18.4 Å². The monoisotopic (exact) mass is 357 g/mol. The quantitative estimate of drug-likeness (QED) is 0.851. The standard InChI is InChI=1S/C21H31N3O2/c25-20(11-12-22-21(26)19-9-5-2-6-10-19)24-15-13-23(14-16-24)17-18-7-3-1-4-8-18/h1,3-4,7-8,19H,2,5-6,9-17H2,(H,22,26). The lowest BCUT2D eigenvalue weighted by molar-refractivity contribution is -0.133. The van der Waals surface area contributed by atoms with Crippen molar-refractivity contribution in [3.05, 3.63) is 35.9 Å². The van der Waals surface area contributed by atoms with Gasteiger partial charge in [-0.15, -0.1) is 0 Å². The molecule has 2 fully saturated rings. The average molecular weight is 357 g/mol. The van der Waals surface area contributed by atoms with Crippen molar-refractivity contribution in [2.75, 3.05) is 32.7 Å². The molecular formula is C21H31N3O2. The number of carbonyl (C=O) groups excluding carboxylic acids is 2. The number of nitrogens with one attached hydrogen (secondary N) is 1. The fourth-order valence-electron chi connectivity index (χ4n) is 3.96. The number of piperazine rings is 1. The summed E-state index contributed by atoms with van der Waals surface area (Å²) >= 11 is 0. The lowest BCUT2D eigenvalue weighted by atomic mass is 9.89. The predicted octanol–water partition coefficient (Wildman–Crippen LogP) is 2.42. The molecule has 0 radical (unpaired) electrons. The Labute approximate surface area is 156 Å². The Bertz CT molecular complexity index is 576. The Morgan fingerprint density at radius 3 is 2.35 bits per heavy atom. The molecular weight excluding hydrogens is 326 g/mol. The van der Waals surface area contributed by atoms with Crippen LogP contribution in [-0.2, 0) is 16.1 Å². The third-order valence-electron chi connectivity index (χ3n) is 5.59. The van der Waals surface area contributed by atoms with E-state index in [0.717, 1.165) is 58.4 Å². The summed E-state index contributed by atoms with van der Waals surface area (Å²) in [5, 5.41) is 2.97. The molecule has 0 aromatic heterocycles. The minimum atomic E-state index is 0.144. The molecule has 1 aromatic rings. The number of amides is 2. The minimum Gasteiger partial charge on any atom is -0.355 e. The van der Waals surface area contributed by atoms with E-state index in [-0.39, 0.29) is 17.7 Å². The first kappa shape index (κ1) is 18.9. The zero-order valence-corrected chi connectivity index (χ0v) is 15.7. The Balaban J connectivity index is 1.32. The van der Waals surface area contributed by atoms with E-state index in [9.17, 15) is 9.59 Å². The van der Waals surface area contributed by atoms with E-state index >= 15 is 0 Å².